The SMILES string of the molecule is CSCC1CCC(C)CC1. The van der Waals surface area contributed by atoms with Gasteiger partial charge in [0.25, 0.3) is 0 Å². The standard InChI is InChI=1S/C9H18S/c1-8-3-5-9(6-4-8)7-10-2/h8-9H,3-7H2,1-2H3. The zero-order valence-corrected chi connectivity index (χ0v) is 7.91. The highest BCUT2D eigenvalue weighted by Crippen LogP contribution is 2.29. The van der Waals surface area contributed by atoms with Crippen molar-refractivity contribution < 1.29 is 0 Å². The molecule has 60 valence electrons. The minimum absolute atomic E-state index is 1.01. The zero-order chi connectivity index (χ0) is 7.40. The van der Waals surface area contributed by atoms with Crippen LogP contribution in [0.3, 0.4) is 0 Å². The van der Waals surface area contributed by atoms with E-state index in [1.54, 1.807) is 0 Å². The molecular formula is C9H18S. The first-order valence-electron chi connectivity index (χ1n) is 4.32. The first kappa shape index (κ1) is 8.45. The van der Waals surface area contributed by atoms with Gasteiger partial charge in [0.05, 0.1) is 0 Å². The van der Waals surface area contributed by atoms with Gasteiger partial charge in [-0.1, -0.05) is 19.8 Å². The van der Waals surface area contributed by atoms with Gasteiger partial charge in [0, 0.05) is 0 Å². The maximum absolute atomic E-state index is 2.38. The van der Waals surface area contributed by atoms with Crippen molar-refractivity contribution >= 4 is 11.8 Å². The summed E-state index contributed by atoms with van der Waals surface area (Å²) < 4.78 is 0. The Kier molecular flexibility index (Phi) is 3.61. The molecule has 0 atom stereocenters. The molecule has 0 saturated heterocycles. The van der Waals surface area contributed by atoms with Gasteiger partial charge in [-0.3, -0.25) is 0 Å². The molecule has 1 saturated carbocycles. The van der Waals surface area contributed by atoms with Crippen molar-refractivity contribution in [2.45, 2.75) is 32.6 Å². The van der Waals surface area contributed by atoms with Crippen LogP contribution < -0.4 is 0 Å². The van der Waals surface area contributed by atoms with E-state index in [2.05, 4.69) is 13.2 Å². The van der Waals surface area contributed by atoms with Crippen LogP contribution in [0.1, 0.15) is 32.6 Å². The molecule has 0 N–H and O–H groups in total. The van der Waals surface area contributed by atoms with Crippen molar-refractivity contribution in [3.63, 3.8) is 0 Å². The van der Waals surface area contributed by atoms with Crippen LogP contribution in [0.4, 0.5) is 0 Å². The van der Waals surface area contributed by atoms with Crippen LogP contribution in [0.15, 0.2) is 0 Å². The summed E-state index contributed by atoms with van der Waals surface area (Å²) in [4.78, 5) is 0. The molecule has 0 radical (unpaired) electrons. The lowest BCUT2D eigenvalue weighted by Gasteiger charge is -2.25. The van der Waals surface area contributed by atoms with Gasteiger partial charge in [0.1, 0.15) is 0 Å². The summed E-state index contributed by atoms with van der Waals surface area (Å²) in [7, 11) is 0. The van der Waals surface area contributed by atoms with Crippen molar-refractivity contribution in [2.24, 2.45) is 11.8 Å². The second-order valence-electron chi connectivity index (χ2n) is 3.58. The number of rotatable bonds is 2. The van der Waals surface area contributed by atoms with Gasteiger partial charge in [-0.2, -0.15) is 11.8 Å². The van der Waals surface area contributed by atoms with Gasteiger partial charge in [0.15, 0.2) is 0 Å². The Labute approximate surface area is 68.8 Å². The topological polar surface area (TPSA) is 0 Å². The Hall–Kier alpha value is 0.350. The largest absolute Gasteiger partial charge is 0.165 e. The summed E-state index contributed by atoms with van der Waals surface area (Å²) in [6.45, 7) is 2.38. The van der Waals surface area contributed by atoms with E-state index in [1.807, 2.05) is 11.8 Å². The molecule has 10 heavy (non-hydrogen) atoms. The van der Waals surface area contributed by atoms with E-state index >= 15 is 0 Å². The fourth-order valence-electron chi connectivity index (χ4n) is 1.73. The molecule has 0 heterocycles. The second-order valence-corrected chi connectivity index (χ2v) is 4.49. The lowest BCUT2D eigenvalue weighted by Crippen LogP contribution is -2.13. The number of hydrogen-bond acceptors (Lipinski definition) is 1. The number of thioether (sulfide) groups is 1. The normalized spacial score (nSPS) is 34.2. The van der Waals surface area contributed by atoms with E-state index in [4.69, 9.17) is 0 Å². The fraction of sp³-hybridized carbons (Fsp3) is 1.00. The Morgan fingerprint density at radius 2 is 1.80 bits per heavy atom. The number of hydrogen-bond donors (Lipinski definition) is 0. The Balaban J connectivity index is 2.13. The average Bonchev–Trinajstić information content (AvgIpc) is 1.95. The highest BCUT2D eigenvalue weighted by Gasteiger charge is 2.16. The summed E-state index contributed by atoms with van der Waals surface area (Å²) in [5, 5.41) is 0. The van der Waals surface area contributed by atoms with E-state index in [0.717, 1.165) is 11.8 Å². The van der Waals surface area contributed by atoms with Gasteiger partial charge in [-0.25, -0.2) is 0 Å². The third-order valence-corrected chi connectivity index (χ3v) is 3.34. The molecule has 1 rings (SSSR count). The van der Waals surface area contributed by atoms with Crippen LogP contribution in [0.2, 0.25) is 0 Å². The molecule has 0 bridgehead atoms. The highest BCUT2D eigenvalue weighted by molar-refractivity contribution is 7.98. The summed E-state index contributed by atoms with van der Waals surface area (Å²) in [6, 6.07) is 0. The lowest BCUT2D eigenvalue weighted by atomic mass is 9.84. The molecule has 1 fully saturated rings. The predicted molar refractivity (Wildman–Crippen MR) is 49.5 cm³/mol. The molecule has 1 aliphatic carbocycles. The average molecular weight is 158 g/mol. The molecule has 0 aliphatic heterocycles. The third kappa shape index (κ3) is 2.53. The second kappa shape index (κ2) is 4.27. The Morgan fingerprint density at radius 3 is 2.30 bits per heavy atom. The molecule has 0 nitrogen and oxygen atoms in total. The summed E-state index contributed by atoms with van der Waals surface area (Å²) >= 11 is 2.01. The van der Waals surface area contributed by atoms with E-state index in [1.165, 1.54) is 31.4 Å². The quantitative estimate of drug-likeness (QED) is 0.595. The molecular weight excluding hydrogens is 140 g/mol. The van der Waals surface area contributed by atoms with E-state index < -0.39 is 0 Å². The van der Waals surface area contributed by atoms with Crippen LogP contribution in [-0.4, -0.2) is 12.0 Å². The molecule has 0 spiro atoms. The van der Waals surface area contributed by atoms with E-state index in [0.29, 0.717) is 0 Å². The zero-order valence-electron chi connectivity index (χ0n) is 7.10. The summed E-state index contributed by atoms with van der Waals surface area (Å²) in [6.07, 6.45) is 8.15. The highest BCUT2D eigenvalue weighted by atomic mass is 32.2. The maximum atomic E-state index is 2.38. The lowest BCUT2D eigenvalue weighted by molar-refractivity contribution is 0.311. The molecule has 0 aromatic rings. The molecule has 1 aliphatic rings. The van der Waals surface area contributed by atoms with Crippen molar-refractivity contribution in [1.29, 1.82) is 0 Å². The minimum atomic E-state index is 1.01. The Morgan fingerprint density at radius 1 is 1.20 bits per heavy atom. The smallest absolute Gasteiger partial charge is 0.00419 e. The molecule has 0 aromatic heterocycles. The first-order valence-corrected chi connectivity index (χ1v) is 5.71. The van der Waals surface area contributed by atoms with Crippen LogP contribution in [0, 0.1) is 11.8 Å². The Bertz CT molecular complexity index is 82.7. The van der Waals surface area contributed by atoms with Gasteiger partial charge >= 0.3 is 0 Å². The molecule has 0 unspecified atom stereocenters. The summed E-state index contributed by atoms with van der Waals surface area (Å²) in [5.74, 6) is 3.46. The van der Waals surface area contributed by atoms with E-state index in [-0.39, 0.29) is 0 Å². The van der Waals surface area contributed by atoms with Gasteiger partial charge in [-0.05, 0) is 36.7 Å². The van der Waals surface area contributed by atoms with Gasteiger partial charge in [0.2, 0.25) is 0 Å². The van der Waals surface area contributed by atoms with Crippen molar-refractivity contribution in [2.75, 3.05) is 12.0 Å². The molecule has 0 amide bonds. The minimum Gasteiger partial charge on any atom is -0.165 e. The van der Waals surface area contributed by atoms with Crippen molar-refractivity contribution in [3.05, 3.63) is 0 Å². The third-order valence-electron chi connectivity index (χ3n) is 2.54. The predicted octanol–water partition coefficient (Wildman–Crippen LogP) is 3.18. The van der Waals surface area contributed by atoms with Crippen molar-refractivity contribution in [1.82, 2.24) is 0 Å². The van der Waals surface area contributed by atoms with E-state index in [9.17, 15) is 0 Å². The monoisotopic (exact) mass is 158 g/mol. The van der Waals surface area contributed by atoms with Crippen LogP contribution in [0.5, 0.6) is 0 Å². The summed E-state index contributed by atoms with van der Waals surface area (Å²) in [5.41, 5.74) is 0. The fourth-order valence-corrected chi connectivity index (χ4v) is 2.54. The molecule has 1 heteroatoms. The first-order chi connectivity index (χ1) is 4.83. The van der Waals surface area contributed by atoms with Crippen LogP contribution in [-0.2, 0) is 0 Å². The van der Waals surface area contributed by atoms with Gasteiger partial charge in [-0.15, -0.1) is 0 Å². The van der Waals surface area contributed by atoms with Gasteiger partial charge < -0.3 is 0 Å². The van der Waals surface area contributed by atoms with Crippen LogP contribution in [0.25, 0.3) is 0 Å². The van der Waals surface area contributed by atoms with Crippen LogP contribution >= 0.6 is 11.8 Å². The maximum Gasteiger partial charge on any atom is -0.00419 e. The molecule has 0 aromatic carbocycles. The van der Waals surface area contributed by atoms with Crippen molar-refractivity contribution in [3.8, 4) is 0 Å².